The molecule has 37 heavy (non-hydrogen) atoms. The summed E-state index contributed by atoms with van der Waals surface area (Å²) in [6.07, 6.45) is 0.473. The quantitative estimate of drug-likeness (QED) is 0.114. The van der Waals surface area contributed by atoms with Crippen molar-refractivity contribution in [3.05, 3.63) is 48.0 Å². The molecule has 12 nitrogen and oxygen atoms in total. The van der Waals surface area contributed by atoms with Crippen LogP contribution in [0.25, 0.3) is 0 Å². The van der Waals surface area contributed by atoms with Crippen molar-refractivity contribution in [1.82, 2.24) is 14.7 Å². The fourth-order valence-electron chi connectivity index (χ4n) is 3.76. The van der Waals surface area contributed by atoms with Crippen LogP contribution in [0.3, 0.4) is 0 Å². The van der Waals surface area contributed by atoms with Crippen molar-refractivity contribution in [1.29, 1.82) is 5.41 Å². The number of hydrogen-bond donors (Lipinski definition) is 3. The maximum atomic E-state index is 13.4. The van der Waals surface area contributed by atoms with Crippen LogP contribution in [-0.2, 0) is 25.0 Å². The molecule has 1 aliphatic heterocycles. The Kier molecular flexibility index (Phi) is 9.73. The lowest BCUT2D eigenvalue weighted by Crippen LogP contribution is -2.48. The highest BCUT2D eigenvalue weighted by Crippen LogP contribution is 2.30. The number of nitrogens with zero attached hydrogens (tertiary/aromatic N) is 2. The van der Waals surface area contributed by atoms with Gasteiger partial charge in [0, 0.05) is 38.7 Å². The van der Waals surface area contributed by atoms with Crippen molar-refractivity contribution >= 4 is 26.1 Å². The van der Waals surface area contributed by atoms with Crippen molar-refractivity contribution in [2.45, 2.75) is 30.1 Å². The molecule has 14 heteroatoms. The lowest BCUT2D eigenvalue weighted by molar-refractivity contribution is 0.0733. The molecule has 0 spiro atoms. The van der Waals surface area contributed by atoms with Gasteiger partial charge >= 0.3 is 10.1 Å². The van der Waals surface area contributed by atoms with Crippen LogP contribution in [0.2, 0.25) is 0 Å². The van der Waals surface area contributed by atoms with Gasteiger partial charge in [0.2, 0.25) is 16.0 Å². The van der Waals surface area contributed by atoms with Gasteiger partial charge in [0.05, 0.1) is 13.2 Å². The predicted octanol–water partition coefficient (Wildman–Crippen LogP) is 1.27. The average molecular weight is 556 g/mol. The molecule has 1 heterocycles. The smallest absolute Gasteiger partial charge is 0.340 e. The van der Waals surface area contributed by atoms with Gasteiger partial charge in [-0.15, -0.1) is 0 Å². The average Bonchev–Trinajstić information content (AvgIpc) is 2.85. The Morgan fingerprint density at radius 2 is 1.65 bits per heavy atom. The second-order valence-corrected chi connectivity index (χ2v) is 11.8. The molecule has 0 radical (unpaired) electrons. The van der Waals surface area contributed by atoms with Gasteiger partial charge in [0.15, 0.2) is 0 Å². The number of piperazine rings is 1. The van der Waals surface area contributed by atoms with Crippen LogP contribution >= 0.6 is 0 Å². The van der Waals surface area contributed by atoms with Crippen molar-refractivity contribution < 1.29 is 30.6 Å². The van der Waals surface area contributed by atoms with Crippen molar-refractivity contribution in [3.63, 3.8) is 0 Å². The lowest BCUT2D eigenvalue weighted by atomic mass is 10.2. The number of likely N-dealkylation sites (N-methyl/N-ethyl adjacent to an activating group) is 1. The molecular formula is C23H33N5O7S2. The Morgan fingerprint density at radius 3 is 2.30 bits per heavy atom. The minimum absolute atomic E-state index is 0.00624. The summed E-state index contributed by atoms with van der Waals surface area (Å²) in [6, 6.07) is 10.1. The van der Waals surface area contributed by atoms with Gasteiger partial charge in [0.1, 0.15) is 21.3 Å². The van der Waals surface area contributed by atoms with E-state index < -0.39 is 25.0 Å². The molecule has 0 amide bonds. The van der Waals surface area contributed by atoms with Crippen LogP contribution in [0.4, 0.5) is 0 Å². The Morgan fingerprint density at radius 1 is 1.00 bits per heavy atom. The van der Waals surface area contributed by atoms with Crippen molar-refractivity contribution in [2.75, 3.05) is 45.9 Å². The summed E-state index contributed by atoms with van der Waals surface area (Å²) in [4.78, 5) is 6.34. The first-order valence-corrected chi connectivity index (χ1v) is 14.6. The number of rotatable bonds is 12. The highest BCUT2D eigenvalue weighted by Gasteiger charge is 2.34. The third kappa shape index (κ3) is 7.79. The number of hydrogen-bond acceptors (Lipinski definition) is 9. The molecule has 1 fully saturated rings. The minimum Gasteiger partial charge on any atom is -0.493 e. The fourth-order valence-corrected chi connectivity index (χ4v) is 6.88. The topological polar surface area (TPSA) is 164 Å². The number of sulfonamides is 1. The van der Waals surface area contributed by atoms with E-state index >= 15 is 0 Å². The van der Waals surface area contributed by atoms with Gasteiger partial charge in [-0.3, -0.25) is 10.2 Å². The molecule has 2 aromatic rings. The number of nitrogens with one attached hydrogen (secondary N) is 2. The fraction of sp³-hybridized carbons (Fsp3) is 0.435. The van der Waals surface area contributed by atoms with Gasteiger partial charge in [-0.2, -0.15) is 12.7 Å². The second-order valence-electron chi connectivity index (χ2n) is 8.37. The van der Waals surface area contributed by atoms with Crippen molar-refractivity contribution in [3.8, 4) is 11.5 Å². The van der Waals surface area contributed by atoms with E-state index in [0.717, 1.165) is 6.54 Å². The molecule has 0 bridgehead atoms. The zero-order valence-corrected chi connectivity index (χ0v) is 22.5. The first kappa shape index (κ1) is 28.7. The van der Waals surface area contributed by atoms with E-state index in [2.05, 4.69) is 10.4 Å². The van der Waals surface area contributed by atoms with E-state index in [9.17, 15) is 16.8 Å². The maximum absolute atomic E-state index is 13.4. The molecular weight excluding hydrogens is 522 g/mol. The van der Waals surface area contributed by atoms with E-state index in [1.807, 2.05) is 6.92 Å². The Labute approximate surface area is 217 Å². The van der Waals surface area contributed by atoms with E-state index in [-0.39, 0.29) is 42.9 Å². The predicted molar refractivity (Wildman–Crippen MR) is 137 cm³/mol. The summed E-state index contributed by atoms with van der Waals surface area (Å²) < 4.78 is 65.6. The zero-order chi connectivity index (χ0) is 27.1. The van der Waals surface area contributed by atoms with Crippen LogP contribution < -0.4 is 20.1 Å². The Balaban J connectivity index is 1.75. The minimum atomic E-state index is -4.49. The number of aryl methyl sites for hydroxylation is 1. The third-order valence-electron chi connectivity index (χ3n) is 5.59. The van der Waals surface area contributed by atoms with Crippen LogP contribution in [0.5, 0.6) is 11.5 Å². The van der Waals surface area contributed by atoms with Gasteiger partial charge < -0.3 is 19.6 Å². The summed E-state index contributed by atoms with van der Waals surface area (Å²) in [7, 11) is -8.54. The van der Waals surface area contributed by atoms with Gasteiger partial charge in [-0.1, -0.05) is 19.1 Å². The highest BCUT2D eigenvalue weighted by molar-refractivity contribution is 7.91. The monoisotopic (exact) mass is 555 g/mol. The van der Waals surface area contributed by atoms with E-state index in [1.165, 1.54) is 40.7 Å². The van der Waals surface area contributed by atoms with Crippen LogP contribution in [0.1, 0.15) is 18.9 Å². The number of nitrogens with two attached hydrogens (primary N) is 1. The molecule has 0 atom stereocenters. The van der Waals surface area contributed by atoms with Crippen LogP contribution in [0.15, 0.2) is 52.3 Å². The standard InChI is InChI=1S/C23H33N5O7S2/c1-3-27-9-11-28(12-10-27)36(29,30)21-7-4-5-8-22(21)37(31,32)35-20-16-18(2)15-19(17-20)33-13-6-14-34-26-23(24)25/h4-5,7-8,15-17H,3,6,9-14H2,1-2H3,(H4,24,25,26). The first-order chi connectivity index (χ1) is 17.5. The number of guanidine groups is 1. The van der Waals surface area contributed by atoms with Crippen molar-refractivity contribution in [2.24, 2.45) is 5.73 Å². The van der Waals surface area contributed by atoms with E-state index in [0.29, 0.717) is 30.8 Å². The normalized spacial score (nSPS) is 15.3. The highest BCUT2D eigenvalue weighted by atomic mass is 32.2. The molecule has 1 aliphatic rings. The molecule has 204 valence electrons. The Bertz CT molecular complexity index is 1290. The van der Waals surface area contributed by atoms with Gasteiger partial charge in [0.25, 0.3) is 0 Å². The lowest BCUT2D eigenvalue weighted by Gasteiger charge is -2.33. The molecule has 0 unspecified atom stereocenters. The summed E-state index contributed by atoms with van der Waals surface area (Å²) in [5.74, 6) is 0.0590. The summed E-state index contributed by atoms with van der Waals surface area (Å²) in [6.45, 7) is 6.77. The largest absolute Gasteiger partial charge is 0.493 e. The SMILES string of the molecule is CCN1CCN(S(=O)(=O)c2ccccc2S(=O)(=O)Oc2cc(C)cc(OCCCONC(=N)N)c2)CC1. The molecule has 2 aromatic carbocycles. The van der Waals surface area contributed by atoms with Gasteiger partial charge in [-0.05, 0) is 43.3 Å². The zero-order valence-electron chi connectivity index (χ0n) is 20.8. The first-order valence-electron chi connectivity index (χ1n) is 11.8. The van der Waals surface area contributed by atoms with Crippen LogP contribution in [0, 0.1) is 12.3 Å². The molecule has 0 aliphatic carbocycles. The molecule has 3 rings (SSSR count). The number of hydroxylamine groups is 1. The summed E-state index contributed by atoms with van der Waals surface area (Å²) in [5, 5.41) is 7.01. The molecule has 4 N–H and O–H groups in total. The van der Waals surface area contributed by atoms with E-state index in [1.54, 1.807) is 13.0 Å². The Hall–Kier alpha value is -2.91. The third-order valence-corrected chi connectivity index (χ3v) is 8.98. The second kappa shape index (κ2) is 12.6. The molecule has 1 saturated heterocycles. The van der Waals surface area contributed by atoms with Gasteiger partial charge in [-0.25, -0.2) is 13.9 Å². The maximum Gasteiger partial charge on any atom is 0.340 e. The summed E-state index contributed by atoms with van der Waals surface area (Å²) in [5.41, 5.74) is 8.02. The van der Waals surface area contributed by atoms with E-state index in [4.69, 9.17) is 24.9 Å². The summed E-state index contributed by atoms with van der Waals surface area (Å²) >= 11 is 0. The number of ether oxygens (including phenoxy) is 1. The molecule has 0 saturated carbocycles. The molecule has 0 aromatic heterocycles. The van der Waals surface area contributed by atoms with Crippen LogP contribution in [-0.4, -0.2) is 77.9 Å². The number of benzene rings is 2.